The van der Waals surface area contributed by atoms with Crippen molar-refractivity contribution in [1.29, 1.82) is 0 Å². The predicted octanol–water partition coefficient (Wildman–Crippen LogP) is 14.1. The van der Waals surface area contributed by atoms with Crippen LogP contribution in [0, 0.1) is 5.41 Å². The maximum atomic E-state index is 11.6. The van der Waals surface area contributed by atoms with Crippen LogP contribution in [0.5, 0.6) is 11.5 Å². The van der Waals surface area contributed by atoms with E-state index in [1.807, 2.05) is 41.7 Å². The molecule has 0 saturated carbocycles. The largest absolute Gasteiger partial charge is 0.507 e. The van der Waals surface area contributed by atoms with Gasteiger partial charge in [0.25, 0.3) is 0 Å². The van der Waals surface area contributed by atoms with E-state index in [-0.39, 0.29) is 16.6 Å². The average Bonchev–Trinajstić information content (AvgIpc) is 3.18. The van der Waals surface area contributed by atoms with Gasteiger partial charge in [-0.15, -0.1) is 0 Å². The van der Waals surface area contributed by atoms with Crippen LogP contribution in [-0.4, -0.2) is 12.2 Å². The number of rotatable bonds is 12. The lowest BCUT2D eigenvalue weighted by molar-refractivity contribution is 0.409. The molecule has 1 aliphatic rings. The first kappa shape index (κ1) is 36.7. The molecule has 51 heavy (non-hydrogen) atoms. The maximum Gasteiger partial charge on any atom is 0.126 e. The smallest absolute Gasteiger partial charge is 0.126 e. The number of aromatic hydroxyl groups is 1. The van der Waals surface area contributed by atoms with Crippen molar-refractivity contribution >= 4 is 46.8 Å². The summed E-state index contributed by atoms with van der Waals surface area (Å²) in [6, 6.07) is 38.7. The summed E-state index contributed by atoms with van der Waals surface area (Å²) in [6.07, 6.45) is 8.56. The number of phenols is 1. The highest BCUT2D eigenvalue weighted by molar-refractivity contribution is 8.05. The van der Waals surface area contributed by atoms with Crippen molar-refractivity contribution < 1.29 is 9.84 Å². The second-order valence-electron chi connectivity index (χ2n) is 14.1. The number of ether oxygens (including phenoxy) is 1. The van der Waals surface area contributed by atoms with E-state index in [4.69, 9.17) is 4.74 Å². The molecule has 2 nitrogen and oxygen atoms in total. The Balaban J connectivity index is 1.41. The molecule has 5 aromatic rings. The van der Waals surface area contributed by atoms with Crippen molar-refractivity contribution in [1.82, 2.24) is 0 Å². The third-order valence-electron chi connectivity index (χ3n) is 11.3. The minimum absolute atomic E-state index is 0.0296. The Labute approximate surface area is 314 Å². The Kier molecular flexibility index (Phi) is 11.2. The topological polar surface area (TPSA) is 29.5 Å². The molecule has 0 amide bonds. The van der Waals surface area contributed by atoms with E-state index in [9.17, 15) is 5.11 Å². The second kappa shape index (κ2) is 15.6. The zero-order valence-corrected chi connectivity index (χ0v) is 32.7. The van der Waals surface area contributed by atoms with Gasteiger partial charge in [-0.2, -0.15) is 0 Å². The van der Waals surface area contributed by atoms with Crippen LogP contribution in [0.2, 0.25) is 0 Å². The van der Waals surface area contributed by atoms with Gasteiger partial charge >= 0.3 is 0 Å². The fourth-order valence-electron chi connectivity index (χ4n) is 6.90. The van der Waals surface area contributed by atoms with Crippen LogP contribution < -0.4 is 4.74 Å². The van der Waals surface area contributed by atoms with Gasteiger partial charge < -0.3 is 9.84 Å². The zero-order valence-electron chi connectivity index (χ0n) is 31.0. The molecule has 6 rings (SSSR count). The van der Waals surface area contributed by atoms with Gasteiger partial charge in [-0.05, 0) is 118 Å². The van der Waals surface area contributed by atoms with Crippen LogP contribution in [0.3, 0.4) is 0 Å². The van der Waals surface area contributed by atoms with Gasteiger partial charge in [0, 0.05) is 30.7 Å². The highest BCUT2D eigenvalue weighted by Crippen LogP contribution is 2.51. The van der Waals surface area contributed by atoms with E-state index < -0.39 is 0 Å². The van der Waals surface area contributed by atoms with E-state index in [1.165, 1.54) is 36.3 Å². The molecule has 0 aromatic heterocycles. The summed E-state index contributed by atoms with van der Waals surface area (Å²) in [5, 5.41) is 11.6. The van der Waals surface area contributed by atoms with Crippen LogP contribution >= 0.6 is 23.5 Å². The lowest BCUT2D eigenvalue weighted by Crippen LogP contribution is -2.19. The summed E-state index contributed by atoms with van der Waals surface area (Å²) in [6.45, 7) is 13.8. The molecular weight excluding hydrogens is 661 g/mol. The number of allylic oxidation sites excluding steroid dienone is 1. The van der Waals surface area contributed by atoms with Crippen LogP contribution in [-0.2, 0) is 5.41 Å². The number of methoxy groups -OCH3 is 1. The van der Waals surface area contributed by atoms with Gasteiger partial charge in [0.2, 0.25) is 0 Å². The van der Waals surface area contributed by atoms with Gasteiger partial charge in [-0.3, -0.25) is 0 Å². The molecule has 1 N–H and O–H groups in total. The number of hydrogen-bond donors (Lipinski definition) is 1. The first-order chi connectivity index (χ1) is 24.6. The first-order valence-electron chi connectivity index (χ1n) is 18.3. The monoisotopic (exact) mass is 710 g/mol. The maximum absolute atomic E-state index is 11.6. The Hall–Kier alpha value is -4.12. The van der Waals surface area contributed by atoms with Crippen LogP contribution in [0.15, 0.2) is 129 Å². The van der Waals surface area contributed by atoms with Crippen molar-refractivity contribution in [2.75, 3.05) is 7.11 Å². The molecule has 0 radical (unpaired) electrons. The van der Waals surface area contributed by atoms with Gasteiger partial charge in [0.1, 0.15) is 11.5 Å². The van der Waals surface area contributed by atoms with E-state index in [0.29, 0.717) is 5.56 Å². The molecule has 0 fully saturated rings. The normalized spacial score (nSPS) is 13.5. The summed E-state index contributed by atoms with van der Waals surface area (Å²) in [7, 11) is 1.71. The first-order valence-corrected chi connectivity index (χ1v) is 19.9. The average molecular weight is 711 g/mol. The number of benzene rings is 5. The molecular formula is C47H50O2S2. The molecule has 1 heterocycles. The third kappa shape index (κ3) is 7.59. The van der Waals surface area contributed by atoms with E-state index in [0.717, 1.165) is 53.7 Å². The Morgan fingerprint density at radius 1 is 0.608 bits per heavy atom. The Bertz CT molecular complexity index is 2050. The molecule has 0 unspecified atom stereocenters. The number of phenolic OH excluding ortho intramolecular Hbond substituents is 1. The fourth-order valence-corrected chi connectivity index (χ4v) is 9.18. The second-order valence-corrected chi connectivity index (χ2v) is 16.2. The highest BCUT2D eigenvalue weighted by atomic mass is 32.2. The molecule has 0 bridgehead atoms. The number of fused-ring (bicyclic) bond motifs is 2. The minimum Gasteiger partial charge on any atom is -0.507 e. The molecule has 1 aliphatic heterocycles. The highest BCUT2D eigenvalue weighted by Gasteiger charge is 2.28. The zero-order chi connectivity index (χ0) is 36.2. The van der Waals surface area contributed by atoms with E-state index in [1.54, 1.807) is 7.11 Å². The molecule has 0 saturated heterocycles. The molecule has 0 aliphatic carbocycles. The van der Waals surface area contributed by atoms with Crippen LogP contribution in [0.25, 0.3) is 23.3 Å². The SMILES string of the molecule is CCC(C)(CC)/C(=C\c1cc(O)c(/C=C(\c2ccccc2)c2ccc3c(c2)Sc2ccc(C(C)(CC)CC)cc2S3)cc1OC)c1ccccc1. The van der Waals surface area contributed by atoms with E-state index >= 15 is 0 Å². The van der Waals surface area contributed by atoms with Crippen molar-refractivity contribution in [2.45, 2.75) is 92.2 Å². The summed E-state index contributed by atoms with van der Waals surface area (Å²) in [5.41, 5.74) is 8.83. The van der Waals surface area contributed by atoms with Crippen molar-refractivity contribution in [3.05, 3.63) is 143 Å². The van der Waals surface area contributed by atoms with Crippen molar-refractivity contribution in [3.63, 3.8) is 0 Å². The summed E-state index contributed by atoms with van der Waals surface area (Å²) in [4.78, 5) is 5.16. The molecule has 5 aromatic carbocycles. The molecule has 262 valence electrons. The quantitative estimate of drug-likeness (QED) is 0.128. The summed E-state index contributed by atoms with van der Waals surface area (Å²) >= 11 is 3.72. The Morgan fingerprint density at radius 3 is 1.78 bits per heavy atom. The van der Waals surface area contributed by atoms with Crippen molar-refractivity contribution in [2.24, 2.45) is 5.41 Å². The van der Waals surface area contributed by atoms with Gasteiger partial charge in [0.05, 0.1) is 7.11 Å². The Morgan fingerprint density at radius 2 is 1.20 bits per heavy atom. The van der Waals surface area contributed by atoms with Crippen molar-refractivity contribution in [3.8, 4) is 11.5 Å². The lowest BCUT2D eigenvalue weighted by Gasteiger charge is -2.31. The van der Waals surface area contributed by atoms with Gasteiger partial charge in [-0.25, -0.2) is 0 Å². The molecule has 4 heteroatoms. The summed E-state index contributed by atoms with van der Waals surface area (Å²) in [5.74, 6) is 0.946. The number of hydrogen-bond acceptors (Lipinski definition) is 4. The summed E-state index contributed by atoms with van der Waals surface area (Å²) < 4.78 is 6.01. The fraction of sp³-hybridized carbons (Fsp3) is 0.277. The lowest BCUT2D eigenvalue weighted by atomic mass is 9.73. The van der Waals surface area contributed by atoms with Gasteiger partial charge in [0.15, 0.2) is 0 Å². The third-order valence-corrected chi connectivity index (χ3v) is 13.8. The molecule has 0 spiro atoms. The van der Waals surface area contributed by atoms with E-state index in [2.05, 4.69) is 145 Å². The van der Waals surface area contributed by atoms with Gasteiger partial charge in [-0.1, -0.05) is 138 Å². The standard InChI is InChI=1S/C47H50O2S2/c1-8-46(5,9-2)37-23-25-43-45(31-37)51-42-24-22-34(30-44(42)50-43)38(32-18-14-12-15-19-32)26-35-29-41(49-7)36(28-40(35)48)27-39(47(6,10-3)11-4)33-20-16-13-17-21-33/h12-31,48H,8-11H2,1-7H3/b38-26+,39-27-. The predicted molar refractivity (Wildman–Crippen MR) is 220 cm³/mol. The van der Waals surface area contributed by atoms with Crippen LogP contribution in [0.1, 0.15) is 101 Å². The van der Waals surface area contributed by atoms with Crippen LogP contribution in [0.4, 0.5) is 0 Å². The molecule has 0 atom stereocenters. The minimum atomic E-state index is -0.0296.